The highest BCUT2D eigenvalue weighted by molar-refractivity contribution is 7.00. The summed E-state index contributed by atoms with van der Waals surface area (Å²) in [6.45, 7) is 33.4. The second kappa shape index (κ2) is 17.4. The van der Waals surface area contributed by atoms with Crippen molar-refractivity contribution in [1.29, 1.82) is 0 Å². The van der Waals surface area contributed by atoms with Crippen LogP contribution in [-0.4, -0.2) is 12.3 Å². The monoisotopic (exact) mass is 996 g/mol. The van der Waals surface area contributed by atoms with E-state index in [9.17, 15) is 0 Å². The van der Waals surface area contributed by atoms with Gasteiger partial charge < -0.3 is 14.7 Å². The van der Waals surface area contributed by atoms with Crippen molar-refractivity contribution >= 4 is 68.6 Å². The molecule has 8 aromatic rings. The SMILES string of the molecule is CC(C)(C)c1ccc(N2c3ccccc3B3c4ccc(C(C)(C)C)cc4N(c4ccc(C(C)(C)C)cc4-c4ccccc4)c4cc(N5c6ccc(C(C)(C)C)cc6C6(C)CCCCC56C)cc2c43)c(-c2ccccc2)c1. The van der Waals surface area contributed by atoms with Crippen molar-refractivity contribution in [3.05, 3.63) is 198 Å². The summed E-state index contributed by atoms with van der Waals surface area (Å²) in [5.74, 6) is 0. The van der Waals surface area contributed by atoms with Gasteiger partial charge in [0.15, 0.2) is 0 Å². The van der Waals surface area contributed by atoms with Gasteiger partial charge in [-0.05, 0) is 151 Å². The minimum atomic E-state index is -0.175. The first-order valence-corrected chi connectivity index (χ1v) is 28.3. The van der Waals surface area contributed by atoms with Gasteiger partial charge >= 0.3 is 0 Å². The van der Waals surface area contributed by atoms with Crippen LogP contribution in [0.4, 0.5) is 45.5 Å². The van der Waals surface area contributed by atoms with Crippen LogP contribution >= 0.6 is 0 Å². The average molecular weight is 996 g/mol. The van der Waals surface area contributed by atoms with Crippen LogP contribution in [-0.2, 0) is 27.1 Å². The van der Waals surface area contributed by atoms with E-state index in [2.05, 4.69) is 281 Å². The summed E-state index contributed by atoms with van der Waals surface area (Å²) in [5, 5.41) is 0. The van der Waals surface area contributed by atoms with E-state index in [0.29, 0.717) is 0 Å². The Labute approximate surface area is 456 Å². The zero-order chi connectivity index (χ0) is 53.5. The molecular weight excluding hydrogens is 918 g/mol. The van der Waals surface area contributed by atoms with Crippen molar-refractivity contribution in [3.8, 4) is 22.3 Å². The smallest absolute Gasteiger partial charge is 0.252 e. The van der Waals surface area contributed by atoms with Crippen LogP contribution in [0.25, 0.3) is 22.3 Å². The van der Waals surface area contributed by atoms with E-state index in [1.165, 1.54) is 125 Å². The van der Waals surface area contributed by atoms with Crippen LogP contribution in [0.2, 0.25) is 0 Å². The van der Waals surface area contributed by atoms with Gasteiger partial charge in [-0.15, -0.1) is 0 Å². The molecule has 3 aliphatic heterocycles. The lowest BCUT2D eigenvalue weighted by Crippen LogP contribution is -2.61. The third-order valence-corrected chi connectivity index (χ3v) is 18.4. The van der Waals surface area contributed by atoms with Crippen LogP contribution in [0.1, 0.15) is 150 Å². The fourth-order valence-electron chi connectivity index (χ4n) is 13.7. The summed E-state index contributed by atoms with van der Waals surface area (Å²) in [7, 11) is 0. The van der Waals surface area contributed by atoms with Crippen LogP contribution in [0.3, 0.4) is 0 Å². The summed E-state index contributed by atoms with van der Waals surface area (Å²) in [6, 6.07) is 66.5. The minimum Gasteiger partial charge on any atom is -0.334 e. The summed E-state index contributed by atoms with van der Waals surface area (Å²) in [6.07, 6.45) is 4.72. The molecule has 1 aliphatic carbocycles. The molecule has 0 N–H and O–H groups in total. The Morgan fingerprint density at radius 2 is 0.816 bits per heavy atom. The number of hydrogen-bond acceptors (Lipinski definition) is 3. The maximum atomic E-state index is 2.83. The first kappa shape index (κ1) is 50.1. The lowest BCUT2D eigenvalue weighted by atomic mass is 9.33. The zero-order valence-electron chi connectivity index (χ0n) is 47.9. The number of para-hydroxylation sites is 1. The molecule has 0 spiro atoms. The van der Waals surface area contributed by atoms with Gasteiger partial charge in [0.05, 0.1) is 16.9 Å². The number of fused-ring (bicyclic) bond motifs is 7. The molecule has 8 aromatic carbocycles. The summed E-state index contributed by atoms with van der Waals surface area (Å²) in [5.41, 5.74) is 25.4. The van der Waals surface area contributed by atoms with Gasteiger partial charge in [-0.25, -0.2) is 0 Å². The van der Waals surface area contributed by atoms with Crippen molar-refractivity contribution in [2.24, 2.45) is 0 Å². The van der Waals surface area contributed by atoms with Gasteiger partial charge in [-0.3, -0.25) is 0 Å². The fraction of sp³-hybridized carbons (Fsp3) is 0.333. The summed E-state index contributed by atoms with van der Waals surface area (Å²) >= 11 is 0. The van der Waals surface area contributed by atoms with E-state index in [4.69, 9.17) is 0 Å². The Bertz CT molecular complexity index is 3580. The first-order valence-electron chi connectivity index (χ1n) is 28.3. The molecule has 0 amide bonds. The highest BCUT2D eigenvalue weighted by Crippen LogP contribution is 2.62. The molecule has 2 atom stereocenters. The lowest BCUT2D eigenvalue weighted by molar-refractivity contribution is 0.195. The topological polar surface area (TPSA) is 9.72 Å². The molecule has 1 saturated carbocycles. The normalized spacial score (nSPS) is 19.0. The number of benzene rings is 8. The Kier molecular flexibility index (Phi) is 11.4. The number of nitrogens with zero attached hydrogens (tertiary/aromatic N) is 3. The molecule has 4 heteroatoms. The quantitative estimate of drug-likeness (QED) is 0.159. The molecule has 0 bridgehead atoms. The molecule has 384 valence electrons. The minimum absolute atomic E-state index is 0.0226. The van der Waals surface area contributed by atoms with Gasteiger partial charge in [-0.2, -0.15) is 0 Å². The molecule has 0 saturated heterocycles. The van der Waals surface area contributed by atoms with E-state index in [1.54, 1.807) is 0 Å². The van der Waals surface area contributed by atoms with Crippen LogP contribution in [0, 0.1) is 0 Å². The van der Waals surface area contributed by atoms with E-state index >= 15 is 0 Å². The van der Waals surface area contributed by atoms with Crippen LogP contribution < -0.4 is 31.1 Å². The van der Waals surface area contributed by atoms with Crippen molar-refractivity contribution in [2.75, 3.05) is 14.7 Å². The predicted octanol–water partition coefficient (Wildman–Crippen LogP) is 18.0. The molecule has 1 fully saturated rings. The molecule has 76 heavy (non-hydrogen) atoms. The van der Waals surface area contributed by atoms with Gasteiger partial charge in [0.1, 0.15) is 0 Å². The number of hydrogen-bond donors (Lipinski definition) is 0. The molecule has 0 aromatic heterocycles. The largest absolute Gasteiger partial charge is 0.334 e. The van der Waals surface area contributed by atoms with Crippen molar-refractivity contribution in [2.45, 2.75) is 155 Å². The third-order valence-electron chi connectivity index (χ3n) is 18.4. The van der Waals surface area contributed by atoms with E-state index in [0.717, 1.165) is 12.8 Å². The van der Waals surface area contributed by atoms with Crippen LogP contribution in [0.15, 0.2) is 170 Å². The van der Waals surface area contributed by atoms with Crippen molar-refractivity contribution in [3.63, 3.8) is 0 Å². The maximum absolute atomic E-state index is 2.83. The average Bonchev–Trinajstić information content (AvgIpc) is 3.61. The molecule has 12 rings (SSSR count). The second-order valence-electron chi connectivity index (χ2n) is 27.4. The van der Waals surface area contributed by atoms with Crippen molar-refractivity contribution in [1.82, 2.24) is 0 Å². The maximum Gasteiger partial charge on any atom is 0.252 e. The highest BCUT2D eigenvalue weighted by Gasteiger charge is 2.58. The number of rotatable bonds is 5. The first-order chi connectivity index (χ1) is 36.0. The van der Waals surface area contributed by atoms with Crippen molar-refractivity contribution < 1.29 is 0 Å². The lowest BCUT2D eigenvalue weighted by Gasteiger charge is -2.51. The van der Waals surface area contributed by atoms with Gasteiger partial charge in [0, 0.05) is 50.7 Å². The van der Waals surface area contributed by atoms with E-state index in [1.807, 2.05) is 0 Å². The Morgan fingerprint density at radius 3 is 1.36 bits per heavy atom. The molecule has 3 nitrogen and oxygen atoms in total. The predicted molar refractivity (Wildman–Crippen MR) is 329 cm³/mol. The molecule has 2 unspecified atom stereocenters. The summed E-state index contributed by atoms with van der Waals surface area (Å²) in [4.78, 5) is 8.20. The third kappa shape index (κ3) is 7.82. The van der Waals surface area contributed by atoms with Gasteiger partial charge in [-0.1, -0.05) is 218 Å². The molecule has 4 aliphatic rings. The standard InChI is InChI=1S/C72H78BN3/c1-67(2,3)49-32-36-59(54(41-49)47-25-17-15-18-26-47)74-62-30-22-21-29-57(62)73-58-35-31-52(70(10,11)12)44-63(58)75(60-37-33-50(68(4,5)6)42-55(60)48-27-19-16-20-28-48)65-46-53(45-64(74)66(65)73)76-61-38-34-51(69(7,8)9)43-56(61)71(13)39-23-24-40-72(71,76)14/h15-22,25-38,41-46H,23-24,39-40H2,1-14H3. The van der Waals surface area contributed by atoms with Crippen LogP contribution in [0.5, 0.6) is 0 Å². The fourth-order valence-corrected chi connectivity index (χ4v) is 13.7. The highest BCUT2D eigenvalue weighted by atomic mass is 15.3. The zero-order valence-corrected chi connectivity index (χ0v) is 47.9. The Balaban J connectivity index is 1.24. The Morgan fingerprint density at radius 1 is 0.382 bits per heavy atom. The number of anilines is 8. The van der Waals surface area contributed by atoms with Gasteiger partial charge in [0.25, 0.3) is 6.71 Å². The second-order valence-corrected chi connectivity index (χ2v) is 27.4. The molecule has 0 radical (unpaired) electrons. The van der Waals surface area contributed by atoms with Gasteiger partial charge in [0.2, 0.25) is 0 Å². The molecular formula is C72H78BN3. The molecule has 3 heterocycles. The Hall–Kier alpha value is -6.78. The van der Waals surface area contributed by atoms with E-state index < -0.39 is 0 Å². The van der Waals surface area contributed by atoms with E-state index in [-0.39, 0.29) is 39.3 Å². The summed E-state index contributed by atoms with van der Waals surface area (Å²) < 4.78 is 0.